The fourth-order valence-corrected chi connectivity index (χ4v) is 3.83. The van der Waals surface area contributed by atoms with Gasteiger partial charge in [-0.3, -0.25) is 0 Å². The lowest BCUT2D eigenvalue weighted by molar-refractivity contribution is 0.414. The van der Waals surface area contributed by atoms with Crippen LogP contribution in [0.3, 0.4) is 0 Å². The molecule has 0 amide bonds. The number of methoxy groups -OCH3 is 1. The average Bonchev–Trinajstić information content (AvgIpc) is 3.02. The highest BCUT2D eigenvalue weighted by molar-refractivity contribution is 7.89. The van der Waals surface area contributed by atoms with E-state index in [0.717, 1.165) is 11.1 Å². The van der Waals surface area contributed by atoms with Crippen LogP contribution in [0.25, 0.3) is 11.5 Å². The summed E-state index contributed by atoms with van der Waals surface area (Å²) in [7, 11) is -0.497. The van der Waals surface area contributed by atoms with Crippen molar-refractivity contribution in [2.45, 2.75) is 25.3 Å². The highest BCUT2D eigenvalue weighted by Gasteiger charge is 2.24. The normalized spacial score (nSPS) is 11.7. The number of sulfonamides is 1. The quantitative estimate of drug-likeness (QED) is 0.644. The van der Waals surface area contributed by atoms with Crippen molar-refractivity contribution in [1.29, 1.82) is 0 Å². The molecule has 6 nitrogen and oxygen atoms in total. The topological polar surface area (TPSA) is 72.6 Å². The van der Waals surface area contributed by atoms with Crippen LogP contribution in [-0.4, -0.2) is 31.9 Å². The molecule has 1 aromatic heterocycles. The summed E-state index contributed by atoms with van der Waals surface area (Å²) in [6.45, 7) is 3.80. The second-order valence-electron chi connectivity index (χ2n) is 6.30. The molecular weight excluding hydrogens is 364 g/mol. The van der Waals surface area contributed by atoms with Crippen LogP contribution in [0.2, 0.25) is 0 Å². The molecule has 142 valence electrons. The van der Waals surface area contributed by atoms with Crippen molar-refractivity contribution in [3.8, 4) is 17.2 Å². The van der Waals surface area contributed by atoms with Gasteiger partial charge in [-0.15, -0.1) is 0 Å². The van der Waals surface area contributed by atoms with Gasteiger partial charge in [-0.05, 0) is 38.1 Å². The average molecular weight is 386 g/mol. The summed E-state index contributed by atoms with van der Waals surface area (Å²) in [6.07, 6.45) is 0. The number of nitrogens with zero attached hydrogens (tertiary/aromatic N) is 2. The molecule has 0 N–H and O–H groups in total. The summed E-state index contributed by atoms with van der Waals surface area (Å²) in [6, 6.07) is 14.2. The van der Waals surface area contributed by atoms with E-state index in [1.54, 1.807) is 38.3 Å². The SMILES string of the molecule is COc1ccccc1-c1nc(CN(C)S(=O)(=O)c2ccc(C)cc2)c(C)o1. The maximum Gasteiger partial charge on any atom is 0.243 e. The Morgan fingerprint density at radius 2 is 1.74 bits per heavy atom. The van der Waals surface area contributed by atoms with Gasteiger partial charge in [0, 0.05) is 7.05 Å². The maximum absolute atomic E-state index is 12.8. The van der Waals surface area contributed by atoms with E-state index in [9.17, 15) is 8.42 Å². The standard InChI is InChI=1S/C20H22N2O4S/c1-14-9-11-16(12-10-14)27(23,24)22(3)13-18-15(2)26-20(21-18)17-7-5-6-8-19(17)25-4/h5-12H,13H2,1-4H3. The van der Waals surface area contributed by atoms with Crippen molar-refractivity contribution >= 4 is 10.0 Å². The highest BCUT2D eigenvalue weighted by Crippen LogP contribution is 2.30. The molecule has 7 heteroatoms. The van der Waals surface area contributed by atoms with Gasteiger partial charge in [0.25, 0.3) is 0 Å². The van der Waals surface area contributed by atoms with Crippen molar-refractivity contribution in [1.82, 2.24) is 9.29 Å². The van der Waals surface area contributed by atoms with Gasteiger partial charge in [-0.25, -0.2) is 13.4 Å². The van der Waals surface area contributed by atoms with Crippen LogP contribution in [0.5, 0.6) is 5.75 Å². The number of hydrogen-bond acceptors (Lipinski definition) is 5. The fraction of sp³-hybridized carbons (Fsp3) is 0.250. The van der Waals surface area contributed by atoms with Gasteiger partial charge in [-0.2, -0.15) is 4.31 Å². The van der Waals surface area contributed by atoms with Crippen molar-refractivity contribution < 1.29 is 17.6 Å². The Morgan fingerprint density at radius 3 is 2.41 bits per heavy atom. The van der Waals surface area contributed by atoms with Gasteiger partial charge < -0.3 is 9.15 Å². The highest BCUT2D eigenvalue weighted by atomic mass is 32.2. The predicted molar refractivity (Wildman–Crippen MR) is 103 cm³/mol. The molecule has 3 aromatic rings. The predicted octanol–water partition coefficient (Wildman–Crippen LogP) is 3.79. The van der Waals surface area contributed by atoms with Gasteiger partial charge in [-0.1, -0.05) is 29.8 Å². The third-order valence-corrected chi connectivity index (χ3v) is 6.15. The van der Waals surface area contributed by atoms with Gasteiger partial charge in [0.2, 0.25) is 15.9 Å². The summed E-state index contributed by atoms with van der Waals surface area (Å²) in [5.74, 6) is 1.62. The Balaban J connectivity index is 1.88. The molecule has 0 saturated heterocycles. The van der Waals surface area contributed by atoms with E-state index >= 15 is 0 Å². The van der Waals surface area contributed by atoms with E-state index in [1.165, 1.54) is 11.4 Å². The van der Waals surface area contributed by atoms with Crippen LogP contribution < -0.4 is 4.74 Å². The van der Waals surface area contributed by atoms with Crippen molar-refractivity contribution in [2.75, 3.05) is 14.2 Å². The van der Waals surface area contributed by atoms with E-state index in [-0.39, 0.29) is 11.4 Å². The van der Waals surface area contributed by atoms with Gasteiger partial charge in [0.05, 0.1) is 29.8 Å². The van der Waals surface area contributed by atoms with Crippen LogP contribution in [0.15, 0.2) is 57.8 Å². The minimum Gasteiger partial charge on any atom is -0.496 e. The van der Waals surface area contributed by atoms with Crippen LogP contribution in [-0.2, 0) is 16.6 Å². The lowest BCUT2D eigenvalue weighted by atomic mass is 10.2. The molecule has 0 bridgehead atoms. The van der Waals surface area contributed by atoms with Gasteiger partial charge in [0.15, 0.2) is 0 Å². The van der Waals surface area contributed by atoms with Gasteiger partial charge >= 0.3 is 0 Å². The molecule has 2 aromatic carbocycles. The summed E-state index contributed by atoms with van der Waals surface area (Å²) in [5.41, 5.74) is 2.29. The lowest BCUT2D eigenvalue weighted by Gasteiger charge is -2.16. The minimum absolute atomic E-state index is 0.112. The Bertz CT molecular complexity index is 1040. The number of hydrogen-bond donors (Lipinski definition) is 0. The molecule has 0 spiro atoms. The molecule has 3 rings (SSSR count). The largest absolute Gasteiger partial charge is 0.496 e. The zero-order chi connectivity index (χ0) is 19.6. The van der Waals surface area contributed by atoms with Crippen molar-refractivity contribution in [3.63, 3.8) is 0 Å². The Labute approximate surface area is 159 Å². The zero-order valence-electron chi connectivity index (χ0n) is 15.8. The molecule has 0 aliphatic carbocycles. The monoisotopic (exact) mass is 386 g/mol. The summed E-state index contributed by atoms with van der Waals surface area (Å²) in [4.78, 5) is 4.75. The second-order valence-corrected chi connectivity index (χ2v) is 8.34. The number of aromatic nitrogens is 1. The van der Waals surface area contributed by atoms with E-state index in [2.05, 4.69) is 4.98 Å². The fourth-order valence-electron chi connectivity index (χ4n) is 2.70. The Kier molecular flexibility index (Phi) is 5.34. The van der Waals surface area contributed by atoms with E-state index in [4.69, 9.17) is 9.15 Å². The Morgan fingerprint density at radius 1 is 1.07 bits per heavy atom. The lowest BCUT2D eigenvalue weighted by Crippen LogP contribution is -2.27. The summed E-state index contributed by atoms with van der Waals surface area (Å²) in [5, 5.41) is 0. The van der Waals surface area contributed by atoms with Gasteiger partial charge in [0.1, 0.15) is 11.5 Å². The van der Waals surface area contributed by atoms with E-state index in [0.29, 0.717) is 23.1 Å². The number of para-hydroxylation sites is 1. The summed E-state index contributed by atoms with van der Waals surface area (Å²) < 4.78 is 38.0. The van der Waals surface area contributed by atoms with Crippen molar-refractivity contribution in [3.05, 3.63) is 65.5 Å². The first-order valence-corrected chi connectivity index (χ1v) is 9.89. The maximum atomic E-state index is 12.8. The number of benzene rings is 2. The molecule has 0 atom stereocenters. The Hall–Kier alpha value is -2.64. The molecule has 0 aliphatic rings. The molecule has 1 heterocycles. The molecule has 0 aliphatic heterocycles. The first kappa shape index (κ1) is 19.1. The smallest absolute Gasteiger partial charge is 0.243 e. The molecular formula is C20H22N2O4S. The molecule has 0 unspecified atom stereocenters. The van der Waals surface area contributed by atoms with Crippen LogP contribution in [0.1, 0.15) is 17.0 Å². The third kappa shape index (κ3) is 3.89. The number of rotatable bonds is 6. The zero-order valence-corrected chi connectivity index (χ0v) is 16.6. The van der Waals surface area contributed by atoms with Crippen LogP contribution in [0, 0.1) is 13.8 Å². The first-order chi connectivity index (χ1) is 12.8. The molecule has 27 heavy (non-hydrogen) atoms. The second kappa shape index (κ2) is 7.54. The molecule has 0 radical (unpaired) electrons. The molecule has 0 saturated carbocycles. The van der Waals surface area contributed by atoms with Crippen LogP contribution >= 0.6 is 0 Å². The van der Waals surface area contributed by atoms with Crippen molar-refractivity contribution in [2.24, 2.45) is 0 Å². The molecule has 0 fully saturated rings. The third-order valence-electron chi connectivity index (χ3n) is 4.33. The first-order valence-electron chi connectivity index (χ1n) is 8.45. The van der Waals surface area contributed by atoms with E-state index < -0.39 is 10.0 Å². The van der Waals surface area contributed by atoms with Crippen LogP contribution in [0.4, 0.5) is 0 Å². The number of oxazole rings is 1. The summed E-state index contributed by atoms with van der Waals surface area (Å²) >= 11 is 0. The minimum atomic E-state index is -3.61. The number of ether oxygens (including phenoxy) is 1. The van der Waals surface area contributed by atoms with E-state index in [1.807, 2.05) is 31.2 Å². The number of aryl methyl sites for hydroxylation is 2.